The molecule has 60 valence electrons. The third-order valence-corrected chi connectivity index (χ3v) is 2.12. The summed E-state index contributed by atoms with van der Waals surface area (Å²) in [6.45, 7) is 1.77. The maximum atomic E-state index is 5.36. The molecule has 0 aromatic carbocycles. The molecule has 0 amide bonds. The average molecular weight is 152 g/mol. The molecule has 0 radical (unpaired) electrons. The highest BCUT2D eigenvalue weighted by Crippen LogP contribution is 2.22. The third kappa shape index (κ3) is 1.43. The molecule has 1 aliphatic rings. The Morgan fingerprint density at radius 1 is 1.64 bits per heavy atom. The van der Waals surface area contributed by atoms with Crippen LogP contribution in [0.15, 0.2) is 12.5 Å². The predicted octanol–water partition coefficient (Wildman–Crippen LogP) is 1.30. The summed E-state index contributed by atoms with van der Waals surface area (Å²) in [5.74, 6) is 0.547. The Kier molecular flexibility index (Phi) is 1.90. The summed E-state index contributed by atoms with van der Waals surface area (Å²) in [5, 5.41) is 0. The molecule has 2 rings (SSSR count). The lowest BCUT2D eigenvalue weighted by Crippen LogP contribution is -2.15. The Hall–Kier alpha value is -0.830. The first-order valence-electron chi connectivity index (χ1n) is 4.03. The van der Waals surface area contributed by atoms with E-state index in [-0.39, 0.29) is 0 Å². The van der Waals surface area contributed by atoms with Gasteiger partial charge in [0.1, 0.15) is 0 Å². The van der Waals surface area contributed by atoms with Crippen molar-refractivity contribution in [1.82, 2.24) is 9.97 Å². The molecule has 0 spiro atoms. The van der Waals surface area contributed by atoms with Gasteiger partial charge in [-0.1, -0.05) is 0 Å². The number of H-pyrrole nitrogens is 1. The number of hydrogen-bond acceptors (Lipinski definition) is 2. The lowest BCUT2D eigenvalue weighted by atomic mass is 9.99. The number of aromatic amines is 1. The van der Waals surface area contributed by atoms with E-state index in [1.165, 1.54) is 18.5 Å². The van der Waals surface area contributed by atoms with Crippen LogP contribution in [0.25, 0.3) is 0 Å². The second-order valence-corrected chi connectivity index (χ2v) is 2.92. The molecule has 3 nitrogen and oxygen atoms in total. The van der Waals surface area contributed by atoms with E-state index in [9.17, 15) is 0 Å². The maximum Gasteiger partial charge on any atom is 0.0921 e. The molecular formula is C8H12N2O. The maximum absolute atomic E-state index is 5.36. The molecule has 0 saturated carbocycles. The normalized spacial score (nSPS) is 25.3. The Labute approximate surface area is 65.8 Å². The highest BCUT2D eigenvalue weighted by Gasteiger charge is 2.16. The number of nitrogens with zero attached hydrogens (tertiary/aromatic N) is 1. The van der Waals surface area contributed by atoms with Gasteiger partial charge in [0.15, 0.2) is 0 Å². The van der Waals surface area contributed by atoms with Crippen molar-refractivity contribution in [2.45, 2.75) is 18.8 Å². The fourth-order valence-corrected chi connectivity index (χ4v) is 1.48. The first-order chi connectivity index (χ1) is 5.47. The average Bonchev–Trinajstić information content (AvgIpc) is 2.58. The molecule has 1 aromatic heterocycles. The first kappa shape index (κ1) is 6.85. The predicted molar refractivity (Wildman–Crippen MR) is 41.4 cm³/mol. The zero-order valence-electron chi connectivity index (χ0n) is 6.42. The molecule has 1 saturated heterocycles. The van der Waals surface area contributed by atoms with E-state index >= 15 is 0 Å². The number of ether oxygens (including phenoxy) is 1. The van der Waals surface area contributed by atoms with Crippen LogP contribution in [0.3, 0.4) is 0 Å². The summed E-state index contributed by atoms with van der Waals surface area (Å²) < 4.78 is 5.36. The molecule has 1 aliphatic heterocycles. The highest BCUT2D eigenvalue weighted by molar-refractivity contribution is 5.03. The molecule has 1 atom stereocenters. The summed E-state index contributed by atoms with van der Waals surface area (Å²) in [4.78, 5) is 7.10. The quantitative estimate of drug-likeness (QED) is 0.658. The largest absolute Gasteiger partial charge is 0.381 e. The zero-order valence-corrected chi connectivity index (χ0v) is 6.42. The van der Waals surface area contributed by atoms with E-state index in [0.717, 1.165) is 13.2 Å². The lowest BCUT2D eigenvalue weighted by Gasteiger charge is -2.20. The lowest BCUT2D eigenvalue weighted by molar-refractivity contribution is 0.0794. The molecule has 1 unspecified atom stereocenters. The second-order valence-electron chi connectivity index (χ2n) is 2.92. The van der Waals surface area contributed by atoms with Crippen molar-refractivity contribution in [3.63, 3.8) is 0 Å². The van der Waals surface area contributed by atoms with Crippen LogP contribution in [0.4, 0.5) is 0 Å². The van der Waals surface area contributed by atoms with Crippen molar-refractivity contribution >= 4 is 0 Å². The molecule has 1 fully saturated rings. The third-order valence-electron chi connectivity index (χ3n) is 2.12. The molecule has 11 heavy (non-hydrogen) atoms. The van der Waals surface area contributed by atoms with Crippen LogP contribution >= 0.6 is 0 Å². The Balaban J connectivity index is 2.04. The van der Waals surface area contributed by atoms with Gasteiger partial charge in [0.25, 0.3) is 0 Å². The SMILES string of the molecule is c1ncc(C2CCCOC2)[nH]1. The standard InChI is InChI=1S/C8H12N2O/c1-2-7(5-11-3-1)8-4-9-6-10-8/h4,6-7H,1-3,5H2,(H,9,10). The first-order valence-corrected chi connectivity index (χ1v) is 4.03. The van der Waals surface area contributed by atoms with E-state index in [2.05, 4.69) is 9.97 Å². The summed E-state index contributed by atoms with van der Waals surface area (Å²) >= 11 is 0. The van der Waals surface area contributed by atoms with Crippen LogP contribution in [0.2, 0.25) is 0 Å². The van der Waals surface area contributed by atoms with Crippen molar-refractivity contribution in [3.8, 4) is 0 Å². The van der Waals surface area contributed by atoms with Gasteiger partial charge < -0.3 is 9.72 Å². The van der Waals surface area contributed by atoms with Crippen LogP contribution < -0.4 is 0 Å². The van der Waals surface area contributed by atoms with E-state index < -0.39 is 0 Å². The van der Waals surface area contributed by atoms with Crippen LogP contribution in [-0.4, -0.2) is 23.2 Å². The van der Waals surface area contributed by atoms with Crippen molar-refractivity contribution < 1.29 is 4.74 Å². The van der Waals surface area contributed by atoms with Gasteiger partial charge in [-0.05, 0) is 12.8 Å². The molecule has 1 aromatic rings. The highest BCUT2D eigenvalue weighted by atomic mass is 16.5. The monoisotopic (exact) mass is 152 g/mol. The molecule has 0 aliphatic carbocycles. The number of aromatic nitrogens is 2. The van der Waals surface area contributed by atoms with E-state index in [1.54, 1.807) is 6.33 Å². The van der Waals surface area contributed by atoms with Crippen molar-refractivity contribution in [3.05, 3.63) is 18.2 Å². The summed E-state index contributed by atoms with van der Waals surface area (Å²) in [7, 11) is 0. The summed E-state index contributed by atoms with van der Waals surface area (Å²) in [6, 6.07) is 0. The van der Waals surface area contributed by atoms with Gasteiger partial charge in [-0.25, -0.2) is 4.98 Å². The van der Waals surface area contributed by atoms with Gasteiger partial charge in [-0.2, -0.15) is 0 Å². The smallest absolute Gasteiger partial charge is 0.0921 e. The fourth-order valence-electron chi connectivity index (χ4n) is 1.48. The zero-order chi connectivity index (χ0) is 7.52. The van der Waals surface area contributed by atoms with Gasteiger partial charge in [-0.3, -0.25) is 0 Å². The van der Waals surface area contributed by atoms with Gasteiger partial charge >= 0.3 is 0 Å². The van der Waals surface area contributed by atoms with Gasteiger partial charge in [0.2, 0.25) is 0 Å². The van der Waals surface area contributed by atoms with Crippen molar-refractivity contribution in [2.75, 3.05) is 13.2 Å². The fraction of sp³-hybridized carbons (Fsp3) is 0.625. The minimum absolute atomic E-state index is 0.547. The van der Waals surface area contributed by atoms with Crippen LogP contribution in [0.5, 0.6) is 0 Å². The van der Waals surface area contributed by atoms with Gasteiger partial charge in [0.05, 0.1) is 12.9 Å². The van der Waals surface area contributed by atoms with E-state index in [0.29, 0.717) is 5.92 Å². The Bertz CT molecular complexity index is 202. The minimum Gasteiger partial charge on any atom is -0.381 e. The number of imidazole rings is 1. The minimum atomic E-state index is 0.547. The summed E-state index contributed by atoms with van der Waals surface area (Å²) in [6.07, 6.45) is 6.01. The molecule has 1 N–H and O–H groups in total. The molecule has 2 heterocycles. The second kappa shape index (κ2) is 3.05. The van der Waals surface area contributed by atoms with Crippen LogP contribution in [0.1, 0.15) is 24.5 Å². The van der Waals surface area contributed by atoms with E-state index in [4.69, 9.17) is 4.74 Å². The van der Waals surface area contributed by atoms with Gasteiger partial charge in [0, 0.05) is 24.4 Å². The van der Waals surface area contributed by atoms with Gasteiger partial charge in [-0.15, -0.1) is 0 Å². The number of hydrogen-bond donors (Lipinski definition) is 1. The molecular weight excluding hydrogens is 140 g/mol. The van der Waals surface area contributed by atoms with Crippen molar-refractivity contribution in [1.29, 1.82) is 0 Å². The van der Waals surface area contributed by atoms with Crippen molar-refractivity contribution in [2.24, 2.45) is 0 Å². The number of rotatable bonds is 1. The summed E-state index contributed by atoms with van der Waals surface area (Å²) in [5.41, 5.74) is 1.21. The number of nitrogens with one attached hydrogen (secondary N) is 1. The Morgan fingerprint density at radius 2 is 2.64 bits per heavy atom. The van der Waals surface area contributed by atoms with E-state index in [1.807, 2.05) is 6.20 Å². The van der Waals surface area contributed by atoms with Crippen LogP contribution in [0, 0.1) is 0 Å². The Morgan fingerprint density at radius 3 is 3.27 bits per heavy atom. The van der Waals surface area contributed by atoms with Crippen LogP contribution in [-0.2, 0) is 4.74 Å². The molecule has 3 heteroatoms. The molecule has 0 bridgehead atoms. The topological polar surface area (TPSA) is 37.9 Å².